The van der Waals surface area contributed by atoms with Crippen molar-refractivity contribution in [2.45, 2.75) is 17.7 Å². The van der Waals surface area contributed by atoms with Crippen LogP contribution in [0.1, 0.15) is 12.8 Å². The molecule has 1 N–H and O–H groups in total. The van der Waals surface area contributed by atoms with Crippen LogP contribution in [0.2, 0.25) is 0 Å². The Bertz CT molecular complexity index is 685. The highest BCUT2D eigenvalue weighted by atomic mass is 32.2. The first kappa shape index (κ1) is 18.7. The number of piperazine rings is 1. The van der Waals surface area contributed by atoms with Crippen molar-refractivity contribution in [1.82, 2.24) is 9.88 Å². The molecule has 138 valence electrons. The van der Waals surface area contributed by atoms with Crippen molar-refractivity contribution in [1.29, 1.82) is 0 Å². The van der Waals surface area contributed by atoms with E-state index < -0.39 is 0 Å². The Hall–Kier alpha value is -2.05. The molecule has 0 atom stereocenters. The number of aromatic nitrogens is 1. The number of carbonyl (C=O) groups excluding carboxylic acids is 1. The number of rotatable bonds is 7. The molecule has 2 aromatic rings. The first-order valence-corrected chi connectivity index (χ1v) is 10.1. The molecule has 0 saturated carbocycles. The van der Waals surface area contributed by atoms with Gasteiger partial charge in [0.2, 0.25) is 5.91 Å². The van der Waals surface area contributed by atoms with Gasteiger partial charge in [-0.2, -0.15) is 0 Å². The van der Waals surface area contributed by atoms with Crippen LogP contribution >= 0.6 is 11.8 Å². The Morgan fingerprint density at radius 3 is 2.58 bits per heavy atom. The molecule has 1 amide bonds. The Morgan fingerprint density at radius 1 is 1.12 bits per heavy atom. The molecule has 1 saturated heterocycles. The molecule has 1 aliphatic rings. The maximum Gasteiger partial charge on any atom is 0.224 e. The van der Waals surface area contributed by atoms with E-state index in [1.165, 1.54) is 4.90 Å². The van der Waals surface area contributed by atoms with Crippen molar-refractivity contribution in [3.05, 3.63) is 48.7 Å². The number of pyridine rings is 1. The zero-order chi connectivity index (χ0) is 18.2. The second kappa shape index (κ2) is 9.59. The average Bonchev–Trinajstić information content (AvgIpc) is 2.67. The average molecular weight is 371 g/mol. The number of benzene rings is 1. The van der Waals surface area contributed by atoms with Crippen LogP contribution in [0, 0.1) is 0 Å². The van der Waals surface area contributed by atoms with Crippen LogP contribution in [-0.2, 0) is 4.79 Å². The summed E-state index contributed by atoms with van der Waals surface area (Å²) in [7, 11) is 2.14. The van der Waals surface area contributed by atoms with E-state index >= 15 is 0 Å². The largest absolute Gasteiger partial charge is 0.354 e. The molecule has 0 radical (unpaired) electrons. The lowest BCUT2D eigenvalue weighted by atomic mass is 10.3. The molecule has 0 bridgehead atoms. The van der Waals surface area contributed by atoms with Gasteiger partial charge in [0.15, 0.2) is 0 Å². The number of carbonyl (C=O) groups is 1. The molecular weight excluding hydrogens is 344 g/mol. The number of hydrogen-bond acceptors (Lipinski definition) is 5. The first-order valence-electron chi connectivity index (χ1n) is 9.08. The fourth-order valence-corrected chi connectivity index (χ4v) is 3.72. The van der Waals surface area contributed by atoms with Gasteiger partial charge in [-0.25, -0.2) is 4.98 Å². The van der Waals surface area contributed by atoms with Crippen molar-refractivity contribution in [3.63, 3.8) is 0 Å². The molecule has 1 aromatic heterocycles. The number of amides is 1. The summed E-state index contributed by atoms with van der Waals surface area (Å²) in [5, 5.41) is 2.94. The molecule has 26 heavy (non-hydrogen) atoms. The highest BCUT2D eigenvalue weighted by molar-refractivity contribution is 7.99. The third kappa shape index (κ3) is 5.75. The Labute approximate surface area is 159 Å². The molecule has 0 unspecified atom stereocenters. The molecule has 1 aromatic carbocycles. The quantitative estimate of drug-likeness (QED) is 0.598. The molecule has 1 aliphatic heterocycles. The SMILES string of the molecule is CN1CCN(c2ccc(NC(=O)CCCSc3ccccc3)cn2)CC1. The van der Waals surface area contributed by atoms with E-state index in [9.17, 15) is 4.79 Å². The van der Waals surface area contributed by atoms with Gasteiger partial charge >= 0.3 is 0 Å². The second-order valence-corrected chi connectivity index (χ2v) is 7.68. The van der Waals surface area contributed by atoms with Crippen molar-refractivity contribution in [2.24, 2.45) is 0 Å². The van der Waals surface area contributed by atoms with Gasteiger partial charge < -0.3 is 15.1 Å². The maximum atomic E-state index is 12.1. The Morgan fingerprint density at radius 2 is 1.88 bits per heavy atom. The van der Waals surface area contributed by atoms with Crippen LogP contribution in [0.5, 0.6) is 0 Å². The smallest absolute Gasteiger partial charge is 0.224 e. The monoisotopic (exact) mass is 370 g/mol. The van der Waals surface area contributed by atoms with Crippen molar-refractivity contribution < 1.29 is 4.79 Å². The minimum absolute atomic E-state index is 0.0489. The lowest BCUT2D eigenvalue weighted by molar-refractivity contribution is -0.116. The van der Waals surface area contributed by atoms with Crippen LogP contribution in [0.15, 0.2) is 53.6 Å². The lowest BCUT2D eigenvalue weighted by Gasteiger charge is -2.33. The summed E-state index contributed by atoms with van der Waals surface area (Å²) >= 11 is 1.79. The van der Waals surface area contributed by atoms with Crippen molar-refractivity contribution in [2.75, 3.05) is 49.2 Å². The van der Waals surface area contributed by atoms with Gasteiger partial charge in [-0.3, -0.25) is 4.79 Å². The fourth-order valence-electron chi connectivity index (χ4n) is 2.85. The molecule has 0 spiro atoms. The van der Waals surface area contributed by atoms with Gasteiger partial charge in [-0.15, -0.1) is 11.8 Å². The molecule has 1 fully saturated rings. The fraction of sp³-hybridized carbons (Fsp3) is 0.400. The first-order chi connectivity index (χ1) is 12.7. The number of likely N-dealkylation sites (N-methyl/N-ethyl adjacent to an activating group) is 1. The molecule has 3 rings (SSSR count). The van der Waals surface area contributed by atoms with Crippen LogP contribution in [-0.4, -0.2) is 54.8 Å². The van der Waals surface area contributed by atoms with E-state index in [4.69, 9.17) is 0 Å². The van der Waals surface area contributed by atoms with Gasteiger partial charge in [-0.05, 0) is 43.5 Å². The van der Waals surface area contributed by atoms with Crippen molar-refractivity contribution >= 4 is 29.2 Å². The van der Waals surface area contributed by atoms with E-state index in [0.717, 1.165) is 49.9 Å². The predicted molar refractivity (Wildman–Crippen MR) is 109 cm³/mol. The van der Waals surface area contributed by atoms with Crippen LogP contribution in [0.25, 0.3) is 0 Å². The minimum Gasteiger partial charge on any atom is -0.354 e. The Kier molecular flexibility index (Phi) is 6.91. The van der Waals surface area contributed by atoms with Crippen molar-refractivity contribution in [3.8, 4) is 0 Å². The highest BCUT2D eigenvalue weighted by Crippen LogP contribution is 2.19. The zero-order valence-electron chi connectivity index (χ0n) is 15.2. The molecule has 6 heteroatoms. The number of nitrogens with zero attached hydrogens (tertiary/aromatic N) is 3. The van der Waals surface area contributed by atoms with Crippen LogP contribution < -0.4 is 10.2 Å². The van der Waals surface area contributed by atoms with Gasteiger partial charge in [-0.1, -0.05) is 18.2 Å². The number of anilines is 2. The summed E-state index contributed by atoms with van der Waals surface area (Å²) in [6.07, 6.45) is 3.14. The van der Waals surface area contributed by atoms with Gasteiger partial charge in [0.25, 0.3) is 0 Å². The zero-order valence-corrected chi connectivity index (χ0v) is 16.0. The molecule has 5 nitrogen and oxygen atoms in total. The third-order valence-corrected chi connectivity index (χ3v) is 5.52. The van der Waals surface area contributed by atoms with Gasteiger partial charge in [0.05, 0.1) is 11.9 Å². The Balaban J connectivity index is 1.38. The van der Waals surface area contributed by atoms with E-state index in [1.54, 1.807) is 18.0 Å². The van der Waals surface area contributed by atoms with Crippen LogP contribution in [0.4, 0.5) is 11.5 Å². The van der Waals surface area contributed by atoms with Gasteiger partial charge in [0, 0.05) is 37.5 Å². The van der Waals surface area contributed by atoms with E-state index in [-0.39, 0.29) is 5.91 Å². The summed E-state index contributed by atoms with van der Waals surface area (Å²) in [5.74, 6) is 1.97. The molecule has 2 heterocycles. The van der Waals surface area contributed by atoms with Crippen LogP contribution in [0.3, 0.4) is 0 Å². The van der Waals surface area contributed by atoms with E-state index in [1.807, 2.05) is 30.3 Å². The summed E-state index contributed by atoms with van der Waals surface area (Å²) in [4.78, 5) is 22.4. The standard InChI is InChI=1S/C20H26N4OS/c1-23-11-13-24(14-12-23)19-10-9-17(16-21-19)22-20(25)8-5-15-26-18-6-3-2-4-7-18/h2-4,6-7,9-10,16H,5,8,11-15H2,1H3,(H,22,25). The number of hydrogen-bond donors (Lipinski definition) is 1. The summed E-state index contributed by atoms with van der Waals surface area (Å²) in [5.41, 5.74) is 0.767. The normalized spacial score (nSPS) is 15.0. The van der Waals surface area contributed by atoms with E-state index in [0.29, 0.717) is 6.42 Å². The summed E-state index contributed by atoms with van der Waals surface area (Å²) in [6, 6.07) is 14.2. The van der Waals surface area contributed by atoms with E-state index in [2.05, 4.69) is 39.3 Å². The minimum atomic E-state index is 0.0489. The second-order valence-electron chi connectivity index (χ2n) is 6.51. The molecular formula is C20H26N4OS. The molecule has 0 aliphatic carbocycles. The number of nitrogens with one attached hydrogen (secondary N) is 1. The number of thioether (sulfide) groups is 1. The highest BCUT2D eigenvalue weighted by Gasteiger charge is 2.15. The summed E-state index contributed by atoms with van der Waals surface area (Å²) in [6.45, 7) is 4.10. The maximum absolute atomic E-state index is 12.1. The predicted octanol–water partition coefficient (Wildman–Crippen LogP) is 3.34. The third-order valence-electron chi connectivity index (χ3n) is 4.42. The summed E-state index contributed by atoms with van der Waals surface area (Å²) < 4.78 is 0. The topological polar surface area (TPSA) is 48.5 Å². The van der Waals surface area contributed by atoms with Gasteiger partial charge in [0.1, 0.15) is 5.82 Å². The lowest BCUT2D eigenvalue weighted by Crippen LogP contribution is -2.44.